The first-order valence-corrected chi connectivity index (χ1v) is 10.5. The molecular formula is C22H20ClN3O5. The van der Waals surface area contributed by atoms with Crippen molar-refractivity contribution in [2.45, 2.75) is 49.8 Å². The summed E-state index contributed by atoms with van der Waals surface area (Å²) in [7, 11) is 0. The Morgan fingerprint density at radius 1 is 1.19 bits per heavy atom. The molecule has 3 aliphatic rings. The Hall–Kier alpha value is -2.97. The molecule has 4 atom stereocenters. The summed E-state index contributed by atoms with van der Waals surface area (Å²) in [5, 5.41) is 0.492. The van der Waals surface area contributed by atoms with E-state index in [1.165, 1.54) is 6.20 Å². The van der Waals surface area contributed by atoms with Crippen molar-refractivity contribution in [3.8, 4) is 5.88 Å². The molecular weight excluding hydrogens is 422 g/mol. The van der Waals surface area contributed by atoms with E-state index in [4.69, 9.17) is 25.8 Å². The first kappa shape index (κ1) is 20.0. The zero-order chi connectivity index (χ0) is 21.4. The van der Waals surface area contributed by atoms with Crippen molar-refractivity contribution in [3.63, 3.8) is 0 Å². The van der Waals surface area contributed by atoms with Crippen molar-refractivity contribution in [1.29, 1.82) is 0 Å². The third-order valence-electron chi connectivity index (χ3n) is 5.97. The van der Waals surface area contributed by atoms with E-state index in [1.54, 1.807) is 24.5 Å². The van der Waals surface area contributed by atoms with Gasteiger partial charge < -0.3 is 14.2 Å². The minimum Gasteiger partial charge on any atom is -0.470 e. The average Bonchev–Trinajstić information content (AvgIpc) is 3.01. The van der Waals surface area contributed by atoms with Gasteiger partial charge in [-0.1, -0.05) is 17.7 Å². The number of ether oxygens (including phenoxy) is 3. The Kier molecular flexibility index (Phi) is 5.11. The third-order valence-corrected chi connectivity index (χ3v) is 6.20. The summed E-state index contributed by atoms with van der Waals surface area (Å²) in [5.74, 6) is -0.821. The molecule has 0 radical (unpaired) electrons. The molecule has 1 spiro atoms. The highest BCUT2D eigenvalue weighted by atomic mass is 35.5. The monoisotopic (exact) mass is 441 g/mol. The highest BCUT2D eigenvalue weighted by Crippen LogP contribution is 2.48. The molecule has 0 N–H and O–H groups in total. The second-order valence-electron chi connectivity index (χ2n) is 7.85. The summed E-state index contributed by atoms with van der Waals surface area (Å²) >= 11 is 5.93. The van der Waals surface area contributed by atoms with Gasteiger partial charge in [0, 0.05) is 62.2 Å². The molecule has 2 fully saturated rings. The number of piperidine rings is 1. The van der Waals surface area contributed by atoms with Crippen LogP contribution in [0.1, 0.15) is 24.8 Å². The molecule has 4 unspecified atom stereocenters. The lowest BCUT2D eigenvalue weighted by Crippen LogP contribution is -2.67. The van der Waals surface area contributed by atoms with Crippen molar-refractivity contribution < 1.29 is 23.8 Å². The van der Waals surface area contributed by atoms with Gasteiger partial charge in [0.25, 0.3) is 0 Å². The fraction of sp³-hybridized carbons (Fsp3) is 0.364. The van der Waals surface area contributed by atoms with Crippen LogP contribution >= 0.6 is 11.6 Å². The van der Waals surface area contributed by atoms with Gasteiger partial charge in [0.05, 0.1) is 5.02 Å². The maximum atomic E-state index is 12.5. The smallest absolute Gasteiger partial charge is 0.332 e. The third kappa shape index (κ3) is 3.77. The van der Waals surface area contributed by atoms with E-state index in [0.717, 1.165) is 24.1 Å². The molecule has 31 heavy (non-hydrogen) atoms. The van der Waals surface area contributed by atoms with Gasteiger partial charge in [0.2, 0.25) is 11.6 Å². The fourth-order valence-electron chi connectivity index (χ4n) is 4.71. The predicted octanol–water partition coefficient (Wildman–Crippen LogP) is 2.67. The van der Waals surface area contributed by atoms with Crippen LogP contribution in [0, 0.1) is 0 Å². The van der Waals surface area contributed by atoms with Gasteiger partial charge in [0.1, 0.15) is 6.10 Å². The van der Waals surface area contributed by atoms with Crippen molar-refractivity contribution in [2.75, 3.05) is 0 Å². The van der Waals surface area contributed by atoms with E-state index < -0.39 is 29.9 Å². The highest BCUT2D eigenvalue weighted by molar-refractivity contribution is 6.30. The first-order chi connectivity index (χ1) is 15.0. The minimum atomic E-state index is -1.13. The predicted molar refractivity (Wildman–Crippen MR) is 109 cm³/mol. The molecule has 0 aromatic carbocycles. The number of fused-ring (bicyclic) bond motifs is 1. The molecule has 2 bridgehead atoms. The summed E-state index contributed by atoms with van der Waals surface area (Å²) in [5.41, 5.74) is -0.154. The van der Waals surface area contributed by atoms with Crippen molar-refractivity contribution in [3.05, 3.63) is 65.6 Å². The molecule has 8 nitrogen and oxygen atoms in total. The zero-order valence-electron chi connectivity index (χ0n) is 16.5. The fourth-order valence-corrected chi connectivity index (χ4v) is 4.82. The van der Waals surface area contributed by atoms with Crippen molar-refractivity contribution in [1.82, 2.24) is 14.9 Å². The van der Waals surface area contributed by atoms with Gasteiger partial charge in [-0.05, 0) is 24.1 Å². The molecule has 0 amide bonds. The quantitative estimate of drug-likeness (QED) is 0.669. The molecule has 5 rings (SSSR count). The van der Waals surface area contributed by atoms with Gasteiger partial charge >= 0.3 is 11.9 Å². The Bertz CT molecular complexity index is 1020. The normalized spacial score (nSPS) is 31.1. The zero-order valence-corrected chi connectivity index (χ0v) is 17.3. The van der Waals surface area contributed by atoms with Gasteiger partial charge in [-0.3, -0.25) is 9.88 Å². The molecule has 160 valence electrons. The number of carbonyl (C=O) groups excluding carboxylic acids is 2. The van der Waals surface area contributed by atoms with Crippen LogP contribution in [0.2, 0.25) is 5.02 Å². The van der Waals surface area contributed by atoms with Crippen molar-refractivity contribution >= 4 is 23.5 Å². The molecule has 9 heteroatoms. The minimum absolute atomic E-state index is 0.0728. The number of hydrogen-bond donors (Lipinski definition) is 0. The van der Waals surface area contributed by atoms with E-state index in [2.05, 4.69) is 14.9 Å². The Balaban J connectivity index is 1.51. The first-order valence-electron chi connectivity index (χ1n) is 10.1. The van der Waals surface area contributed by atoms with Crippen LogP contribution < -0.4 is 4.74 Å². The number of rotatable bonds is 4. The lowest BCUT2D eigenvalue weighted by molar-refractivity contribution is -0.247. The van der Waals surface area contributed by atoms with E-state index in [0.29, 0.717) is 30.3 Å². The maximum Gasteiger partial charge on any atom is 0.332 e. The second-order valence-corrected chi connectivity index (χ2v) is 8.28. The van der Waals surface area contributed by atoms with Crippen LogP contribution in [-0.4, -0.2) is 50.8 Å². The lowest BCUT2D eigenvalue weighted by atomic mass is 9.92. The van der Waals surface area contributed by atoms with Gasteiger partial charge in [-0.25, -0.2) is 14.6 Å². The van der Waals surface area contributed by atoms with Crippen LogP contribution in [0.5, 0.6) is 5.88 Å². The van der Waals surface area contributed by atoms with Gasteiger partial charge in [0.15, 0.2) is 6.10 Å². The van der Waals surface area contributed by atoms with E-state index in [1.807, 2.05) is 12.1 Å². The Morgan fingerprint density at radius 2 is 2.06 bits per heavy atom. The second kappa shape index (κ2) is 7.94. The number of halogens is 1. The van der Waals surface area contributed by atoms with Crippen LogP contribution in [0.3, 0.4) is 0 Å². The average molecular weight is 442 g/mol. The van der Waals surface area contributed by atoms with Crippen molar-refractivity contribution in [2.24, 2.45) is 0 Å². The molecule has 2 saturated heterocycles. The van der Waals surface area contributed by atoms with Gasteiger partial charge in [-0.2, -0.15) is 0 Å². The summed E-state index contributed by atoms with van der Waals surface area (Å²) in [6.07, 6.45) is 7.71. The standard InChI is InChI=1S/C22H20ClN3O5/c23-15-3-4-18(25-12-15)29-17-10-16-7-8-22(26(16)13-14-2-1-9-24-11-14)21(17)30-19(27)5-6-20(28)31-22/h1-6,9,11-12,16-17,21H,7-8,10,13H2/b6-5+. The number of nitrogens with zero attached hydrogens (tertiary/aromatic N) is 3. The highest BCUT2D eigenvalue weighted by Gasteiger charge is 2.63. The summed E-state index contributed by atoms with van der Waals surface area (Å²) in [6, 6.07) is 7.24. The van der Waals surface area contributed by atoms with E-state index in [9.17, 15) is 9.59 Å². The molecule has 2 aromatic rings. The molecule has 0 saturated carbocycles. The molecule has 3 aliphatic heterocycles. The number of aromatic nitrogens is 2. The van der Waals surface area contributed by atoms with Crippen LogP contribution in [0.25, 0.3) is 0 Å². The summed E-state index contributed by atoms with van der Waals surface area (Å²) < 4.78 is 17.9. The number of carbonyl (C=O) groups is 2. The van der Waals surface area contributed by atoms with Crippen LogP contribution in [0.15, 0.2) is 55.0 Å². The largest absolute Gasteiger partial charge is 0.470 e. The van der Waals surface area contributed by atoms with E-state index in [-0.39, 0.29) is 6.04 Å². The lowest BCUT2D eigenvalue weighted by Gasteiger charge is -2.50. The Labute approximate surface area is 183 Å². The summed E-state index contributed by atoms with van der Waals surface area (Å²) in [6.45, 7) is 0.509. The number of hydrogen-bond acceptors (Lipinski definition) is 8. The summed E-state index contributed by atoms with van der Waals surface area (Å²) in [4.78, 5) is 35.4. The maximum absolute atomic E-state index is 12.5. The van der Waals surface area contributed by atoms with E-state index >= 15 is 0 Å². The van der Waals surface area contributed by atoms with Gasteiger partial charge in [-0.15, -0.1) is 0 Å². The number of pyridine rings is 2. The SMILES string of the molecule is O=C1/C=C/C(=O)OC23CCC(CC(Oc4ccc(Cl)cn4)C2O1)N3Cc1cccnc1. The van der Waals surface area contributed by atoms with Crippen LogP contribution in [-0.2, 0) is 25.6 Å². The number of esters is 2. The molecule has 2 aromatic heterocycles. The molecule has 0 aliphatic carbocycles. The Morgan fingerprint density at radius 3 is 2.84 bits per heavy atom. The van der Waals surface area contributed by atoms with Crippen LogP contribution in [0.4, 0.5) is 0 Å². The molecule has 5 heterocycles. The topological polar surface area (TPSA) is 90.9 Å².